The summed E-state index contributed by atoms with van der Waals surface area (Å²) in [5, 5.41) is 8.78. The topological polar surface area (TPSA) is 26.7 Å². The number of aliphatic hydroxyl groups is 1. The zero-order valence-electron chi connectivity index (χ0n) is 8.78. The molecule has 3 heteroatoms. The SMILES string of the molecule is C#CCCCN1CCN(CCO)CC1. The lowest BCUT2D eigenvalue weighted by molar-refractivity contribution is 0.112. The van der Waals surface area contributed by atoms with Crippen LogP contribution in [0.15, 0.2) is 0 Å². The fourth-order valence-electron chi connectivity index (χ4n) is 1.78. The van der Waals surface area contributed by atoms with Crippen molar-refractivity contribution >= 4 is 0 Å². The number of hydrogen-bond acceptors (Lipinski definition) is 3. The molecule has 0 saturated carbocycles. The Bertz CT molecular complexity index is 180. The second kappa shape index (κ2) is 6.83. The molecule has 1 aliphatic heterocycles. The minimum atomic E-state index is 0.275. The smallest absolute Gasteiger partial charge is 0.0558 e. The van der Waals surface area contributed by atoms with Gasteiger partial charge in [-0.3, -0.25) is 4.90 Å². The molecule has 0 aliphatic carbocycles. The lowest BCUT2D eigenvalue weighted by atomic mass is 10.2. The normalized spacial score (nSPS) is 19.4. The molecule has 0 unspecified atom stereocenters. The van der Waals surface area contributed by atoms with Gasteiger partial charge in [-0.25, -0.2) is 0 Å². The molecule has 0 spiro atoms. The van der Waals surface area contributed by atoms with Gasteiger partial charge in [0.15, 0.2) is 0 Å². The summed E-state index contributed by atoms with van der Waals surface area (Å²) in [7, 11) is 0. The third-order valence-electron chi connectivity index (χ3n) is 2.68. The Labute approximate surface area is 86.7 Å². The van der Waals surface area contributed by atoms with Crippen molar-refractivity contribution in [1.82, 2.24) is 9.80 Å². The van der Waals surface area contributed by atoms with Crippen molar-refractivity contribution in [3.8, 4) is 12.3 Å². The predicted octanol–water partition coefficient (Wildman–Crippen LogP) is 0.00970. The number of aliphatic hydroxyl groups excluding tert-OH is 1. The van der Waals surface area contributed by atoms with Gasteiger partial charge in [0.05, 0.1) is 6.61 Å². The minimum Gasteiger partial charge on any atom is -0.395 e. The van der Waals surface area contributed by atoms with Crippen molar-refractivity contribution in [1.29, 1.82) is 0 Å². The van der Waals surface area contributed by atoms with Crippen molar-refractivity contribution in [2.75, 3.05) is 45.9 Å². The number of piperazine rings is 1. The Morgan fingerprint density at radius 3 is 2.14 bits per heavy atom. The molecule has 1 aliphatic rings. The third kappa shape index (κ3) is 4.10. The van der Waals surface area contributed by atoms with Crippen molar-refractivity contribution in [3.05, 3.63) is 0 Å². The van der Waals surface area contributed by atoms with Crippen LogP contribution < -0.4 is 0 Å². The van der Waals surface area contributed by atoms with Crippen LogP contribution in [0, 0.1) is 12.3 Å². The summed E-state index contributed by atoms with van der Waals surface area (Å²) in [6, 6.07) is 0. The van der Waals surface area contributed by atoms with E-state index in [-0.39, 0.29) is 6.61 Å². The molecule has 1 saturated heterocycles. The molecule has 3 nitrogen and oxygen atoms in total. The minimum absolute atomic E-state index is 0.275. The van der Waals surface area contributed by atoms with Gasteiger partial charge in [0.1, 0.15) is 0 Å². The monoisotopic (exact) mass is 196 g/mol. The Kier molecular flexibility index (Phi) is 5.62. The van der Waals surface area contributed by atoms with E-state index in [4.69, 9.17) is 11.5 Å². The van der Waals surface area contributed by atoms with Crippen LogP contribution >= 0.6 is 0 Å². The predicted molar refractivity (Wildman–Crippen MR) is 58.0 cm³/mol. The molecule has 1 heterocycles. The van der Waals surface area contributed by atoms with E-state index in [1.165, 1.54) is 0 Å². The molecule has 0 aromatic heterocycles. The number of unbranched alkanes of at least 4 members (excludes halogenated alkanes) is 1. The van der Waals surface area contributed by atoms with Crippen molar-refractivity contribution < 1.29 is 5.11 Å². The standard InChI is InChI=1S/C11H20N2O/c1-2-3-4-5-12-6-8-13(9-7-12)10-11-14/h1,14H,3-11H2. The first-order chi connectivity index (χ1) is 6.86. The zero-order valence-corrected chi connectivity index (χ0v) is 8.78. The average molecular weight is 196 g/mol. The zero-order chi connectivity index (χ0) is 10.2. The molecule has 14 heavy (non-hydrogen) atoms. The van der Waals surface area contributed by atoms with E-state index in [0.717, 1.165) is 52.1 Å². The average Bonchev–Trinajstić information content (AvgIpc) is 2.21. The Balaban J connectivity index is 2.07. The molecule has 1 N–H and O–H groups in total. The lowest BCUT2D eigenvalue weighted by Gasteiger charge is -2.34. The highest BCUT2D eigenvalue weighted by Crippen LogP contribution is 2.02. The van der Waals surface area contributed by atoms with Gasteiger partial charge in [-0.15, -0.1) is 12.3 Å². The Morgan fingerprint density at radius 2 is 1.64 bits per heavy atom. The summed E-state index contributed by atoms with van der Waals surface area (Å²) < 4.78 is 0. The Hall–Kier alpha value is -0.560. The molecular weight excluding hydrogens is 176 g/mol. The van der Waals surface area contributed by atoms with Gasteiger partial charge >= 0.3 is 0 Å². The molecule has 80 valence electrons. The van der Waals surface area contributed by atoms with Gasteiger partial charge in [0.2, 0.25) is 0 Å². The summed E-state index contributed by atoms with van der Waals surface area (Å²) >= 11 is 0. The number of β-amino-alcohol motifs (C(OH)–C–C–N with tert-alkyl or cyclic N) is 1. The largest absolute Gasteiger partial charge is 0.395 e. The molecular formula is C11H20N2O. The molecule has 0 atom stereocenters. The van der Waals surface area contributed by atoms with Crippen LogP contribution in [0.1, 0.15) is 12.8 Å². The van der Waals surface area contributed by atoms with E-state index in [1.807, 2.05) is 0 Å². The highest BCUT2D eigenvalue weighted by Gasteiger charge is 2.15. The summed E-state index contributed by atoms with van der Waals surface area (Å²) in [6.45, 7) is 6.61. The molecule has 1 fully saturated rings. The number of terminal acetylenes is 1. The summed E-state index contributed by atoms with van der Waals surface area (Å²) in [5.74, 6) is 2.67. The summed E-state index contributed by atoms with van der Waals surface area (Å²) in [6.07, 6.45) is 7.19. The van der Waals surface area contributed by atoms with Gasteiger partial charge in [-0.1, -0.05) is 0 Å². The first kappa shape index (κ1) is 11.5. The molecule has 0 bridgehead atoms. The molecule has 0 amide bonds. The lowest BCUT2D eigenvalue weighted by Crippen LogP contribution is -2.47. The number of hydrogen-bond donors (Lipinski definition) is 1. The van der Waals surface area contributed by atoms with Gasteiger partial charge in [-0.2, -0.15) is 0 Å². The highest BCUT2D eigenvalue weighted by molar-refractivity contribution is 4.83. The van der Waals surface area contributed by atoms with Gasteiger partial charge < -0.3 is 10.0 Å². The van der Waals surface area contributed by atoms with E-state index < -0.39 is 0 Å². The van der Waals surface area contributed by atoms with Crippen LogP contribution in [0.25, 0.3) is 0 Å². The first-order valence-corrected chi connectivity index (χ1v) is 5.36. The van der Waals surface area contributed by atoms with Crippen molar-refractivity contribution in [2.45, 2.75) is 12.8 Å². The fourth-order valence-corrected chi connectivity index (χ4v) is 1.78. The van der Waals surface area contributed by atoms with Gasteiger partial charge in [0, 0.05) is 39.1 Å². The number of rotatable bonds is 5. The van der Waals surface area contributed by atoms with E-state index in [0.29, 0.717) is 0 Å². The molecule has 1 rings (SSSR count). The van der Waals surface area contributed by atoms with E-state index >= 15 is 0 Å². The van der Waals surface area contributed by atoms with Crippen molar-refractivity contribution in [2.24, 2.45) is 0 Å². The highest BCUT2D eigenvalue weighted by atomic mass is 16.3. The van der Waals surface area contributed by atoms with Crippen LogP contribution in [0.5, 0.6) is 0 Å². The summed E-state index contributed by atoms with van der Waals surface area (Å²) in [5.41, 5.74) is 0. The first-order valence-electron chi connectivity index (χ1n) is 5.36. The van der Waals surface area contributed by atoms with E-state index in [2.05, 4.69) is 15.7 Å². The second-order valence-electron chi connectivity index (χ2n) is 3.71. The Morgan fingerprint density at radius 1 is 1.07 bits per heavy atom. The summed E-state index contributed by atoms with van der Waals surface area (Å²) in [4.78, 5) is 4.75. The van der Waals surface area contributed by atoms with E-state index in [1.54, 1.807) is 0 Å². The third-order valence-corrected chi connectivity index (χ3v) is 2.68. The molecule has 0 aromatic rings. The quantitative estimate of drug-likeness (QED) is 0.496. The van der Waals surface area contributed by atoms with Crippen molar-refractivity contribution in [3.63, 3.8) is 0 Å². The van der Waals surface area contributed by atoms with Crippen LogP contribution in [-0.4, -0.2) is 60.8 Å². The van der Waals surface area contributed by atoms with Crippen LogP contribution in [0.2, 0.25) is 0 Å². The van der Waals surface area contributed by atoms with Crippen LogP contribution in [-0.2, 0) is 0 Å². The van der Waals surface area contributed by atoms with E-state index in [9.17, 15) is 0 Å². The van der Waals surface area contributed by atoms with Crippen LogP contribution in [0.3, 0.4) is 0 Å². The van der Waals surface area contributed by atoms with Gasteiger partial charge in [-0.05, 0) is 13.0 Å². The number of nitrogens with zero attached hydrogens (tertiary/aromatic N) is 2. The fraction of sp³-hybridized carbons (Fsp3) is 0.818. The maximum absolute atomic E-state index is 8.78. The molecule has 0 aromatic carbocycles. The van der Waals surface area contributed by atoms with Crippen LogP contribution in [0.4, 0.5) is 0 Å². The maximum atomic E-state index is 8.78. The maximum Gasteiger partial charge on any atom is 0.0558 e. The van der Waals surface area contributed by atoms with Gasteiger partial charge in [0.25, 0.3) is 0 Å². The molecule has 0 radical (unpaired) electrons. The second-order valence-corrected chi connectivity index (χ2v) is 3.71.